The number of hydrogen-bond acceptors (Lipinski definition) is 2. The molecule has 4 heteroatoms. The highest BCUT2D eigenvalue weighted by Gasteiger charge is 2.12. The van der Waals surface area contributed by atoms with Gasteiger partial charge in [0.15, 0.2) is 0 Å². The fourth-order valence-electron chi connectivity index (χ4n) is 1.20. The topological polar surface area (TPSA) is 55.1 Å². The third kappa shape index (κ3) is 3.32. The van der Waals surface area contributed by atoms with Gasteiger partial charge in [0, 0.05) is 0 Å². The van der Waals surface area contributed by atoms with Crippen LogP contribution < -0.4 is 11.1 Å². The van der Waals surface area contributed by atoms with Crippen molar-refractivity contribution in [2.45, 2.75) is 25.9 Å². The number of nitrogens with one attached hydrogen (secondary N) is 1. The Kier molecular flexibility index (Phi) is 3.80. The van der Waals surface area contributed by atoms with Crippen LogP contribution in [0.3, 0.4) is 0 Å². The van der Waals surface area contributed by atoms with Crippen LogP contribution in [0.5, 0.6) is 0 Å². The van der Waals surface area contributed by atoms with Crippen molar-refractivity contribution in [1.29, 1.82) is 0 Å². The maximum atomic E-state index is 12.9. The van der Waals surface area contributed by atoms with Crippen LogP contribution in [-0.2, 0) is 4.79 Å². The highest BCUT2D eigenvalue weighted by molar-refractivity contribution is 5.81. The van der Waals surface area contributed by atoms with Gasteiger partial charge in [-0.15, -0.1) is 0 Å². The van der Waals surface area contributed by atoms with Crippen molar-refractivity contribution in [2.24, 2.45) is 5.73 Å². The van der Waals surface area contributed by atoms with Gasteiger partial charge in [-0.25, -0.2) is 4.39 Å². The first-order valence-electron chi connectivity index (χ1n) is 4.82. The van der Waals surface area contributed by atoms with E-state index in [9.17, 15) is 9.18 Å². The van der Waals surface area contributed by atoms with Crippen LogP contribution in [0.25, 0.3) is 0 Å². The molecule has 3 N–H and O–H groups in total. The predicted octanol–water partition coefficient (Wildman–Crippen LogP) is 1.35. The van der Waals surface area contributed by atoms with E-state index in [-0.39, 0.29) is 17.8 Å². The van der Waals surface area contributed by atoms with Crippen LogP contribution in [0, 0.1) is 5.82 Å². The van der Waals surface area contributed by atoms with Crippen LogP contribution in [0.15, 0.2) is 24.3 Å². The molecule has 0 saturated carbocycles. The molecule has 0 heterocycles. The number of halogens is 1. The van der Waals surface area contributed by atoms with Gasteiger partial charge in [-0.3, -0.25) is 4.79 Å². The highest BCUT2D eigenvalue weighted by Crippen LogP contribution is 2.13. The molecule has 1 rings (SSSR count). The Bertz CT molecular complexity index is 352. The smallest absolute Gasteiger partial charge is 0.237 e. The third-order valence-electron chi connectivity index (χ3n) is 2.12. The first-order chi connectivity index (χ1) is 7.00. The van der Waals surface area contributed by atoms with E-state index < -0.39 is 6.04 Å². The first kappa shape index (κ1) is 11.7. The minimum Gasteiger partial charge on any atom is -0.348 e. The van der Waals surface area contributed by atoms with Gasteiger partial charge in [-0.05, 0) is 31.5 Å². The molecule has 1 amide bonds. The molecule has 15 heavy (non-hydrogen) atoms. The molecule has 0 fully saturated rings. The van der Waals surface area contributed by atoms with E-state index in [0.717, 1.165) is 5.56 Å². The molecule has 0 unspecified atom stereocenters. The second kappa shape index (κ2) is 4.89. The van der Waals surface area contributed by atoms with E-state index in [4.69, 9.17) is 5.73 Å². The summed E-state index contributed by atoms with van der Waals surface area (Å²) in [5.41, 5.74) is 6.13. The van der Waals surface area contributed by atoms with Crippen LogP contribution in [-0.4, -0.2) is 11.9 Å². The van der Waals surface area contributed by atoms with Gasteiger partial charge in [0.05, 0.1) is 12.1 Å². The molecule has 0 aliphatic rings. The van der Waals surface area contributed by atoms with Gasteiger partial charge >= 0.3 is 0 Å². The van der Waals surface area contributed by atoms with E-state index in [0.29, 0.717) is 0 Å². The van der Waals surface area contributed by atoms with Gasteiger partial charge in [0.2, 0.25) is 5.91 Å². The van der Waals surface area contributed by atoms with Crippen molar-refractivity contribution in [3.63, 3.8) is 0 Å². The lowest BCUT2D eigenvalue weighted by Gasteiger charge is -2.15. The molecule has 1 aromatic carbocycles. The van der Waals surface area contributed by atoms with Gasteiger partial charge < -0.3 is 11.1 Å². The number of nitrogens with two attached hydrogens (primary N) is 1. The Morgan fingerprint density at radius 1 is 1.47 bits per heavy atom. The van der Waals surface area contributed by atoms with Gasteiger partial charge in [0.25, 0.3) is 0 Å². The van der Waals surface area contributed by atoms with Crippen molar-refractivity contribution in [2.75, 3.05) is 0 Å². The Morgan fingerprint density at radius 3 is 2.67 bits per heavy atom. The van der Waals surface area contributed by atoms with Gasteiger partial charge in [-0.2, -0.15) is 0 Å². The molecule has 2 atom stereocenters. The Morgan fingerprint density at radius 2 is 2.13 bits per heavy atom. The molecule has 0 aliphatic carbocycles. The predicted molar refractivity (Wildman–Crippen MR) is 56.6 cm³/mol. The highest BCUT2D eigenvalue weighted by atomic mass is 19.1. The zero-order valence-corrected chi connectivity index (χ0v) is 8.83. The molecule has 1 aromatic rings. The number of hydrogen-bond donors (Lipinski definition) is 2. The van der Waals surface area contributed by atoms with Crippen molar-refractivity contribution in [3.8, 4) is 0 Å². The lowest BCUT2D eigenvalue weighted by atomic mass is 10.1. The van der Waals surface area contributed by atoms with Gasteiger partial charge in [-0.1, -0.05) is 12.1 Å². The number of rotatable bonds is 3. The summed E-state index contributed by atoms with van der Waals surface area (Å²) in [5, 5.41) is 2.69. The summed E-state index contributed by atoms with van der Waals surface area (Å²) in [6, 6.07) is 5.34. The SMILES string of the molecule is C[C@@H](N)C(=O)N[C@H](C)c1cccc(F)c1. The largest absolute Gasteiger partial charge is 0.348 e. The molecule has 3 nitrogen and oxygen atoms in total. The fraction of sp³-hybridized carbons (Fsp3) is 0.364. The third-order valence-corrected chi connectivity index (χ3v) is 2.12. The summed E-state index contributed by atoms with van der Waals surface area (Å²) in [6.45, 7) is 3.39. The Balaban J connectivity index is 2.69. The molecule has 82 valence electrons. The van der Waals surface area contributed by atoms with Crippen LogP contribution in [0.1, 0.15) is 25.5 Å². The van der Waals surface area contributed by atoms with Crippen molar-refractivity contribution in [3.05, 3.63) is 35.6 Å². The maximum Gasteiger partial charge on any atom is 0.237 e. The zero-order chi connectivity index (χ0) is 11.4. The molecular weight excluding hydrogens is 195 g/mol. The van der Waals surface area contributed by atoms with Crippen LogP contribution in [0.4, 0.5) is 4.39 Å². The minimum atomic E-state index is -0.555. The van der Waals surface area contributed by atoms with E-state index in [2.05, 4.69) is 5.32 Å². The summed E-state index contributed by atoms with van der Waals surface area (Å²) in [4.78, 5) is 11.3. The molecule has 0 saturated heterocycles. The monoisotopic (exact) mass is 210 g/mol. The summed E-state index contributed by atoms with van der Waals surface area (Å²) >= 11 is 0. The summed E-state index contributed by atoms with van der Waals surface area (Å²) in [5.74, 6) is -0.554. The molecular formula is C11H15FN2O. The Labute approximate surface area is 88.5 Å². The number of benzene rings is 1. The molecule has 0 aromatic heterocycles. The Hall–Kier alpha value is -1.42. The normalized spacial score (nSPS) is 14.4. The van der Waals surface area contributed by atoms with Crippen LogP contribution in [0.2, 0.25) is 0 Å². The summed E-state index contributed by atoms with van der Waals surface area (Å²) in [7, 11) is 0. The van der Waals surface area contributed by atoms with Crippen molar-refractivity contribution < 1.29 is 9.18 Å². The average molecular weight is 210 g/mol. The fourth-order valence-corrected chi connectivity index (χ4v) is 1.20. The molecule has 0 aliphatic heterocycles. The van der Waals surface area contributed by atoms with E-state index in [1.165, 1.54) is 12.1 Å². The second-order valence-electron chi connectivity index (χ2n) is 3.57. The molecule has 0 spiro atoms. The molecule has 0 bridgehead atoms. The minimum absolute atomic E-state index is 0.237. The second-order valence-corrected chi connectivity index (χ2v) is 3.57. The standard InChI is InChI=1S/C11H15FN2O/c1-7(13)11(15)14-8(2)9-4-3-5-10(12)6-9/h3-8H,13H2,1-2H3,(H,14,15)/t7-,8-/m1/s1. The van der Waals surface area contributed by atoms with Gasteiger partial charge in [0.1, 0.15) is 5.82 Å². The summed E-state index contributed by atoms with van der Waals surface area (Å²) in [6.07, 6.45) is 0. The quantitative estimate of drug-likeness (QED) is 0.791. The van der Waals surface area contributed by atoms with E-state index >= 15 is 0 Å². The lowest BCUT2D eigenvalue weighted by Crippen LogP contribution is -2.39. The van der Waals surface area contributed by atoms with Crippen LogP contribution >= 0.6 is 0 Å². The lowest BCUT2D eigenvalue weighted by molar-refractivity contribution is -0.122. The maximum absolute atomic E-state index is 12.9. The number of amides is 1. The zero-order valence-electron chi connectivity index (χ0n) is 8.83. The van der Waals surface area contributed by atoms with Crippen molar-refractivity contribution in [1.82, 2.24) is 5.32 Å². The summed E-state index contributed by atoms with van der Waals surface area (Å²) < 4.78 is 12.9. The number of carbonyl (C=O) groups is 1. The average Bonchev–Trinajstić information content (AvgIpc) is 2.17. The number of carbonyl (C=O) groups excluding carboxylic acids is 1. The van der Waals surface area contributed by atoms with Crippen molar-refractivity contribution >= 4 is 5.91 Å². The first-order valence-corrected chi connectivity index (χ1v) is 4.82. The van der Waals surface area contributed by atoms with E-state index in [1.54, 1.807) is 26.0 Å². The van der Waals surface area contributed by atoms with E-state index in [1.807, 2.05) is 0 Å². The molecule has 0 radical (unpaired) electrons.